The molecule has 0 saturated carbocycles. The van der Waals surface area contributed by atoms with Gasteiger partial charge < -0.3 is 21.1 Å². The van der Waals surface area contributed by atoms with Crippen molar-refractivity contribution in [2.75, 3.05) is 6.61 Å². The third-order valence-electron chi connectivity index (χ3n) is 7.44. The summed E-state index contributed by atoms with van der Waals surface area (Å²) in [6, 6.07) is -0.00926. The molecule has 0 aromatic carbocycles. The van der Waals surface area contributed by atoms with Crippen molar-refractivity contribution in [3.8, 4) is 0 Å². The van der Waals surface area contributed by atoms with Crippen LogP contribution in [0.2, 0.25) is 0 Å². The Morgan fingerprint density at radius 3 is 1.07 bits per heavy atom. The van der Waals surface area contributed by atoms with Crippen molar-refractivity contribution < 1.29 is 24.9 Å². The highest BCUT2D eigenvalue weighted by Gasteiger charge is 1.97. The predicted molar refractivity (Wildman–Crippen MR) is 199 cm³/mol. The molecule has 0 aliphatic carbocycles. The van der Waals surface area contributed by atoms with Crippen molar-refractivity contribution in [2.45, 2.75) is 187 Å². The number of aliphatic carboxylic acids is 2. The van der Waals surface area contributed by atoms with E-state index in [0.29, 0.717) is 12.8 Å². The Kier molecular flexibility index (Phi) is 47.1. The van der Waals surface area contributed by atoms with E-state index in [-0.39, 0.29) is 12.6 Å². The number of unbranched alkanes of at least 4 members (excludes halogenated alkanes) is 16. The van der Waals surface area contributed by atoms with Gasteiger partial charge in [-0.3, -0.25) is 9.59 Å². The van der Waals surface area contributed by atoms with Crippen molar-refractivity contribution in [3.63, 3.8) is 0 Å². The molecule has 0 amide bonds. The third-order valence-corrected chi connectivity index (χ3v) is 7.44. The minimum atomic E-state index is -0.671. The highest BCUT2D eigenvalue weighted by atomic mass is 16.4. The number of hydrogen-bond donors (Lipinski definition) is 4. The predicted octanol–water partition coefficient (Wildman–Crippen LogP) is 11.5. The number of carboxylic acid groups (broad SMARTS) is 2. The Bertz CT molecular complexity index is 669. The van der Waals surface area contributed by atoms with Crippen molar-refractivity contribution in [3.05, 3.63) is 48.6 Å². The molecule has 0 aromatic heterocycles. The van der Waals surface area contributed by atoms with Crippen molar-refractivity contribution in [2.24, 2.45) is 5.73 Å². The Labute approximate surface area is 284 Å². The van der Waals surface area contributed by atoms with Gasteiger partial charge in [-0.2, -0.15) is 0 Å². The van der Waals surface area contributed by atoms with Crippen LogP contribution in [-0.2, 0) is 9.59 Å². The Morgan fingerprint density at radius 1 is 0.500 bits per heavy atom. The van der Waals surface area contributed by atoms with E-state index in [2.05, 4.69) is 62.5 Å². The van der Waals surface area contributed by atoms with E-state index in [1.54, 1.807) is 0 Å². The molecule has 0 rings (SSSR count). The van der Waals surface area contributed by atoms with E-state index >= 15 is 0 Å². The molecule has 1 atom stereocenters. The Hall–Kier alpha value is -2.18. The van der Waals surface area contributed by atoms with Gasteiger partial charge in [0.2, 0.25) is 0 Å². The second-order valence-corrected chi connectivity index (χ2v) is 12.1. The number of rotatable bonds is 30. The lowest BCUT2D eigenvalue weighted by Gasteiger charge is -1.98. The summed E-state index contributed by atoms with van der Waals surface area (Å²) >= 11 is 0. The van der Waals surface area contributed by atoms with Gasteiger partial charge in [0.15, 0.2) is 0 Å². The normalized spacial score (nSPS) is 12.0. The SMILES string of the molecule is CCC(N)CO.CCCCC/C=C\C/C=C\CCCCCCCC(=O)O.CCCCC/C=C\C/C=C\CCCCCCCC(=O)O. The van der Waals surface area contributed by atoms with E-state index in [4.69, 9.17) is 21.1 Å². The minimum Gasteiger partial charge on any atom is -0.481 e. The zero-order valence-corrected chi connectivity index (χ0v) is 30.3. The Balaban J connectivity index is -0.000000682. The van der Waals surface area contributed by atoms with Crippen LogP contribution < -0.4 is 5.73 Å². The minimum absolute atomic E-state index is 0.00926. The topological polar surface area (TPSA) is 121 Å². The number of hydrogen-bond acceptors (Lipinski definition) is 4. The van der Waals surface area contributed by atoms with Gasteiger partial charge in [-0.05, 0) is 83.5 Å². The van der Waals surface area contributed by atoms with Gasteiger partial charge in [0.25, 0.3) is 0 Å². The molecule has 46 heavy (non-hydrogen) atoms. The molecule has 0 saturated heterocycles. The van der Waals surface area contributed by atoms with Crippen molar-refractivity contribution in [1.82, 2.24) is 0 Å². The number of aliphatic hydroxyl groups excluding tert-OH is 1. The standard InChI is InChI=1S/2C18H32O2.C4H11NO/c2*1-2-3-4-5-6-7-8-9-10-11-12-13-14-15-16-17-18(19)20;1-2-4(5)3-6/h2*6-7,9-10H,2-5,8,11-17H2,1H3,(H,19,20);4,6H,2-3,5H2,1H3/b2*7-6-,10-9-;. The number of nitrogens with two attached hydrogens (primary N) is 1. The second-order valence-electron chi connectivity index (χ2n) is 12.1. The van der Waals surface area contributed by atoms with Gasteiger partial charge in [-0.25, -0.2) is 0 Å². The van der Waals surface area contributed by atoms with Gasteiger partial charge in [-0.1, -0.05) is 134 Å². The molecule has 6 nitrogen and oxygen atoms in total. The molecule has 1 unspecified atom stereocenters. The molecule has 0 bridgehead atoms. The van der Waals surface area contributed by atoms with Crippen LogP contribution in [0, 0.1) is 0 Å². The first-order chi connectivity index (χ1) is 22.3. The fraction of sp³-hybridized carbons (Fsp3) is 0.750. The van der Waals surface area contributed by atoms with Gasteiger partial charge in [0, 0.05) is 18.9 Å². The van der Waals surface area contributed by atoms with E-state index in [9.17, 15) is 9.59 Å². The summed E-state index contributed by atoms with van der Waals surface area (Å²) in [5.41, 5.74) is 5.22. The van der Waals surface area contributed by atoms with Gasteiger partial charge in [-0.15, -0.1) is 0 Å². The number of carboxylic acids is 2. The Morgan fingerprint density at radius 2 is 0.804 bits per heavy atom. The lowest BCUT2D eigenvalue weighted by molar-refractivity contribution is -0.138. The summed E-state index contributed by atoms with van der Waals surface area (Å²) in [7, 11) is 0. The van der Waals surface area contributed by atoms with Crippen LogP contribution >= 0.6 is 0 Å². The quantitative estimate of drug-likeness (QED) is 0.0454. The van der Waals surface area contributed by atoms with Crippen LogP contribution in [0.4, 0.5) is 0 Å². The molecular weight excluding hydrogens is 574 g/mol. The number of carbonyl (C=O) groups is 2. The largest absolute Gasteiger partial charge is 0.481 e. The van der Waals surface area contributed by atoms with E-state index < -0.39 is 11.9 Å². The van der Waals surface area contributed by atoms with Crippen LogP contribution in [0.3, 0.4) is 0 Å². The lowest BCUT2D eigenvalue weighted by Crippen LogP contribution is -2.22. The fourth-order valence-electron chi connectivity index (χ4n) is 4.30. The summed E-state index contributed by atoms with van der Waals surface area (Å²) in [5.74, 6) is -1.34. The summed E-state index contributed by atoms with van der Waals surface area (Å²) in [4.78, 5) is 20.6. The van der Waals surface area contributed by atoms with Gasteiger partial charge >= 0.3 is 11.9 Å². The summed E-state index contributed by atoms with van der Waals surface area (Å²) in [6.45, 7) is 6.52. The lowest BCUT2D eigenvalue weighted by atomic mass is 10.1. The molecule has 6 heteroatoms. The summed E-state index contributed by atoms with van der Waals surface area (Å²) in [6.07, 6.45) is 45.4. The number of aliphatic hydroxyl groups is 1. The third kappa shape index (κ3) is 54.3. The zero-order chi connectivity index (χ0) is 34.8. The van der Waals surface area contributed by atoms with Crippen molar-refractivity contribution in [1.29, 1.82) is 0 Å². The van der Waals surface area contributed by atoms with Crippen molar-refractivity contribution >= 4 is 11.9 Å². The highest BCUT2D eigenvalue weighted by molar-refractivity contribution is 5.66. The van der Waals surface area contributed by atoms with Crippen LogP contribution in [-0.4, -0.2) is 39.9 Å². The number of allylic oxidation sites excluding steroid dienone is 8. The molecule has 0 aromatic rings. The van der Waals surface area contributed by atoms with Gasteiger partial charge in [0.05, 0.1) is 6.61 Å². The molecule has 0 heterocycles. The van der Waals surface area contributed by atoms with Crippen LogP contribution in [0.25, 0.3) is 0 Å². The maximum absolute atomic E-state index is 10.3. The maximum Gasteiger partial charge on any atom is 0.303 e. The summed E-state index contributed by atoms with van der Waals surface area (Å²) < 4.78 is 0. The molecule has 0 radical (unpaired) electrons. The maximum atomic E-state index is 10.3. The van der Waals surface area contributed by atoms with Gasteiger partial charge in [0.1, 0.15) is 0 Å². The molecule has 0 fully saturated rings. The zero-order valence-electron chi connectivity index (χ0n) is 30.3. The monoisotopic (exact) mass is 650 g/mol. The second kappa shape index (κ2) is 44.9. The average molecular weight is 650 g/mol. The molecule has 270 valence electrons. The van der Waals surface area contributed by atoms with E-state index in [0.717, 1.165) is 57.8 Å². The first kappa shape index (κ1) is 48.2. The van der Waals surface area contributed by atoms with E-state index in [1.165, 1.54) is 89.9 Å². The highest BCUT2D eigenvalue weighted by Crippen LogP contribution is 2.09. The molecule has 5 N–H and O–H groups in total. The first-order valence-corrected chi connectivity index (χ1v) is 18.7. The average Bonchev–Trinajstić information content (AvgIpc) is 3.04. The summed E-state index contributed by atoms with van der Waals surface area (Å²) in [5, 5.41) is 25.2. The van der Waals surface area contributed by atoms with Crippen LogP contribution in [0.1, 0.15) is 181 Å². The molecule has 0 spiro atoms. The van der Waals surface area contributed by atoms with Crippen LogP contribution in [0.5, 0.6) is 0 Å². The smallest absolute Gasteiger partial charge is 0.303 e. The fourth-order valence-corrected chi connectivity index (χ4v) is 4.30. The van der Waals surface area contributed by atoms with E-state index in [1.807, 2.05) is 6.92 Å². The molecular formula is C40H75NO5. The first-order valence-electron chi connectivity index (χ1n) is 18.7. The van der Waals surface area contributed by atoms with Crippen LogP contribution in [0.15, 0.2) is 48.6 Å². The molecule has 0 aliphatic heterocycles. The molecule has 0 aliphatic rings.